The SMILES string of the molecule is CCN1CCN(C(=O)CNc2ccc(OC)c(OC)c2)CC1. The quantitative estimate of drug-likeness (QED) is 0.858. The summed E-state index contributed by atoms with van der Waals surface area (Å²) in [5.74, 6) is 1.46. The van der Waals surface area contributed by atoms with Crippen molar-refractivity contribution in [3.05, 3.63) is 18.2 Å². The summed E-state index contributed by atoms with van der Waals surface area (Å²) < 4.78 is 10.5. The lowest BCUT2D eigenvalue weighted by molar-refractivity contribution is -0.131. The molecule has 1 aliphatic heterocycles. The summed E-state index contributed by atoms with van der Waals surface area (Å²) in [5, 5.41) is 3.15. The Morgan fingerprint density at radius 2 is 1.82 bits per heavy atom. The monoisotopic (exact) mass is 307 g/mol. The molecule has 0 unspecified atom stereocenters. The van der Waals surface area contributed by atoms with E-state index in [4.69, 9.17) is 9.47 Å². The van der Waals surface area contributed by atoms with Gasteiger partial charge in [-0.2, -0.15) is 0 Å². The molecule has 0 spiro atoms. The smallest absolute Gasteiger partial charge is 0.241 e. The van der Waals surface area contributed by atoms with Gasteiger partial charge in [-0.25, -0.2) is 0 Å². The van der Waals surface area contributed by atoms with Crippen LogP contribution >= 0.6 is 0 Å². The molecule has 1 aromatic carbocycles. The molecule has 0 saturated carbocycles. The third-order valence-corrected chi connectivity index (χ3v) is 4.00. The molecule has 0 atom stereocenters. The topological polar surface area (TPSA) is 54.0 Å². The van der Waals surface area contributed by atoms with Gasteiger partial charge in [0.1, 0.15) is 0 Å². The van der Waals surface area contributed by atoms with E-state index in [1.54, 1.807) is 14.2 Å². The average molecular weight is 307 g/mol. The minimum Gasteiger partial charge on any atom is -0.493 e. The van der Waals surface area contributed by atoms with Crippen LogP contribution in [-0.2, 0) is 4.79 Å². The number of ether oxygens (including phenoxy) is 2. The molecule has 1 aromatic rings. The molecule has 0 aliphatic carbocycles. The first kappa shape index (κ1) is 16.4. The Balaban J connectivity index is 1.86. The molecule has 0 bridgehead atoms. The van der Waals surface area contributed by atoms with Crippen LogP contribution in [0.3, 0.4) is 0 Å². The third-order valence-electron chi connectivity index (χ3n) is 4.00. The van der Waals surface area contributed by atoms with Crippen LogP contribution in [0.5, 0.6) is 11.5 Å². The summed E-state index contributed by atoms with van der Waals surface area (Å²) in [6.07, 6.45) is 0. The van der Waals surface area contributed by atoms with E-state index >= 15 is 0 Å². The number of nitrogens with one attached hydrogen (secondary N) is 1. The molecular formula is C16H25N3O3. The number of benzene rings is 1. The Hall–Kier alpha value is -1.95. The van der Waals surface area contributed by atoms with Gasteiger partial charge < -0.3 is 24.6 Å². The zero-order valence-corrected chi connectivity index (χ0v) is 13.6. The van der Waals surface area contributed by atoms with E-state index in [0.717, 1.165) is 38.4 Å². The van der Waals surface area contributed by atoms with E-state index in [2.05, 4.69) is 17.1 Å². The first-order valence-electron chi connectivity index (χ1n) is 7.64. The molecule has 6 heteroatoms. The van der Waals surface area contributed by atoms with E-state index in [1.165, 1.54) is 0 Å². The van der Waals surface area contributed by atoms with Gasteiger partial charge in [0, 0.05) is 37.9 Å². The van der Waals surface area contributed by atoms with Crippen molar-refractivity contribution in [2.45, 2.75) is 6.92 Å². The molecule has 1 heterocycles. The highest BCUT2D eigenvalue weighted by atomic mass is 16.5. The number of hydrogen-bond acceptors (Lipinski definition) is 5. The number of carbonyl (C=O) groups excluding carboxylic acids is 1. The Morgan fingerprint density at radius 1 is 1.14 bits per heavy atom. The van der Waals surface area contributed by atoms with E-state index in [9.17, 15) is 4.79 Å². The molecule has 1 aliphatic rings. The number of nitrogens with zero attached hydrogens (tertiary/aromatic N) is 2. The number of carbonyl (C=O) groups is 1. The largest absolute Gasteiger partial charge is 0.493 e. The van der Waals surface area contributed by atoms with Gasteiger partial charge in [0.15, 0.2) is 11.5 Å². The second-order valence-electron chi connectivity index (χ2n) is 5.24. The van der Waals surface area contributed by atoms with Crippen LogP contribution in [-0.4, -0.2) is 69.2 Å². The zero-order chi connectivity index (χ0) is 15.9. The van der Waals surface area contributed by atoms with Crippen molar-refractivity contribution in [1.82, 2.24) is 9.80 Å². The second kappa shape index (κ2) is 7.89. The average Bonchev–Trinajstić information content (AvgIpc) is 2.59. The molecule has 0 aromatic heterocycles. The lowest BCUT2D eigenvalue weighted by Crippen LogP contribution is -2.49. The van der Waals surface area contributed by atoms with Crippen LogP contribution < -0.4 is 14.8 Å². The highest BCUT2D eigenvalue weighted by Crippen LogP contribution is 2.29. The lowest BCUT2D eigenvalue weighted by Gasteiger charge is -2.34. The maximum absolute atomic E-state index is 12.2. The fourth-order valence-corrected chi connectivity index (χ4v) is 2.55. The normalized spacial score (nSPS) is 15.5. The van der Waals surface area contributed by atoms with Crippen LogP contribution in [0.15, 0.2) is 18.2 Å². The van der Waals surface area contributed by atoms with Crippen molar-refractivity contribution < 1.29 is 14.3 Å². The number of piperazine rings is 1. The van der Waals surface area contributed by atoms with Gasteiger partial charge >= 0.3 is 0 Å². The molecule has 122 valence electrons. The maximum Gasteiger partial charge on any atom is 0.241 e. The molecular weight excluding hydrogens is 282 g/mol. The Bertz CT molecular complexity index is 499. The van der Waals surface area contributed by atoms with Crippen LogP contribution in [0.1, 0.15) is 6.92 Å². The number of hydrogen-bond donors (Lipinski definition) is 1. The fraction of sp³-hybridized carbons (Fsp3) is 0.562. The first-order valence-corrected chi connectivity index (χ1v) is 7.64. The summed E-state index contributed by atoms with van der Waals surface area (Å²) in [7, 11) is 3.20. The lowest BCUT2D eigenvalue weighted by atomic mass is 10.2. The minimum absolute atomic E-state index is 0.130. The fourth-order valence-electron chi connectivity index (χ4n) is 2.55. The van der Waals surface area contributed by atoms with Crippen molar-refractivity contribution in [3.8, 4) is 11.5 Å². The first-order chi connectivity index (χ1) is 10.7. The standard InChI is InChI=1S/C16H25N3O3/c1-4-18-7-9-19(10-8-18)16(20)12-17-13-5-6-14(21-2)15(11-13)22-3/h5-6,11,17H,4,7-10,12H2,1-3H3. The number of anilines is 1. The molecule has 0 radical (unpaired) electrons. The summed E-state index contributed by atoms with van der Waals surface area (Å²) in [4.78, 5) is 16.5. The summed E-state index contributed by atoms with van der Waals surface area (Å²) >= 11 is 0. The van der Waals surface area contributed by atoms with E-state index in [1.807, 2.05) is 23.1 Å². The molecule has 1 fully saturated rings. The van der Waals surface area contributed by atoms with E-state index in [-0.39, 0.29) is 5.91 Å². The number of methoxy groups -OCH3 is 2. The van der Waals surface area contributed by atoms with Gasteiger partial charge in [-0.1, -0.05) is 6.92 Å². The predicted octanol–water partition coefficient (Wildman–Crippen LogP) is 1.28. The van der Waals surface area contributed by atoms with Crippen molar-refractivity contribution in [2.24, 2.45) is 0 Å². The van der Waals surface area contributed by atoms with Crippen molar-refractivity contribution in [1.29, 1.82) is 0 Å². The van der Waals surface area contributed by atoms with Gasteiger partial charge in [0.25, 0.3) is 0 Å². The third kappa shape index (κ3) is 4.04. The van der Waals surface area contributed by atoms with Crippen molar-refractivity contribution in [2.75, 3.05) is 58.8 Å². The maximum atomic E-state index is 12.2. The molecule has 2 rings (SSSR count). The predicted molar refractivity (Wildman–Crippen MR) is 86.7 cm³/mol. The van der Waals surface area contributed by atoms with Crippen LogP contribution in [0.4, 0.5) is 5.69 Å². The van der Waals surface area contributed by atoms with Gasteiger partial charge in [-0.05, 0) is 18.7 Å². The summed E-state index contributed by atoms with van der Waals surface area (Å²) in [5.41, 5.74) is 0.846. The highest BCUT2D eigenvalue weighted by molar-refractivity contribution is 5.81. The summed E-state index contributed by atoms with van der Waals surface area (Å²) in [6, 6.07) is 5.54. The van der Waals surface area contributed by atoms with Gasteiger partial charge in [-0.3, -0.25) is 4.79 Å². The Kier molecular flexibility index (Phi) is 5.89. The molecule has 1 amide bonds. The number of rotatable bonds is 6. The number of likely N-dealkylation sites (N-methyl/N-ethyl adjacent to an activating group) is 1. The Labute approximate surface area is 132 Å². The number of amides is 1. The van der Waals surface area contributed by atoms with Crippen molar-refractivity contribution in [3.63, 3.8) is 0 Å². The Morgan fingerprint density at radius 3 is 2.41 bits per heavy atom. The van der Waals surface area contributed by atoms with E-state index < -0.39 is 0 Å². The zero-order valence-electron chi connectivity index (χ0n) is 13.6. The molecule has 22 heavy (non-hydrogen) atoms. The van der Waals surface area contributed by atoms with Gasteiger partial charge in [0.2, 0.25) is 5.91 Å². The second-order valence-corrected chi connectivity index (χ2v) is 5.24. The highest BCUT2D eigenvalue weighted by Gasteiger charge is 2.19. The van der Waals surface area contributed by atoms with Gasteiger partial charge in [-0.15, -0.1) is 0 Å². The van der Waals surface area contributed by atoms with Crippen LogP contribution in [0, 0.1) is 0 Å². The molecule has 1 saturated heterocycles. The summed E-state index contributed by atoms with van der Waals surface area (Å²) in [6.45, 7) is 7.02. The van der Waals surface area contributed by atoms with Crippen molar-refractivity contribution >= 4 is 11.6 Å². The van der Waals surface area contributed by atoms with Crippen LogP contribution in [0.25, 0.3) is 0 Å². The van der Waals surface area contributed by atoms with Gasteiger partial charge in [0.05, 0.1) is 20.8 Å². The molecule has 1 N–H and O–H groups in total. The molecule has 6 nitrogen and oxygen atoms in total. The van der Waals surface area contributed by atoms with Crippen LogP contribution in [0.2, 0.25) is 0 Å². The van der Waals surface area contributed by atoms with E-state index in [0.29, 0.717) is 18.0 Å². The minimum atomic E-state index is 0.130.